The highest BCUT2D eigenvalue weighted by molar-refractivity contribution is 6.03. The van der Waals surface area contributed by atoms with E-state index in [9.17, 15) is 4.79 Å². The molecule has 4 nitrogen and oxygen atoms in total. The number of carbonyl (C=O) groups is 1. The first-order valence-corrected chi connectivity index (χ1v) is 8.69. The van der Waals surface area contributed by atoms with Crippen LogP contribution in [0.15, 0.2) is 66.9 Å². The first-order chi connectivity index (χ1) is 12.5. The highest BCUT2D eigenvalue weighted by Crippen LogP contribution is 2.19. The van der Waals surface area contributed by atoms with Crippen LogP contribution in [0.1, 0.15) is 40.0 Å². The Morgan fingerprint density at radius 1 is 0.962 bits per heavy atom. The molecule has 1 atom stereocenters. The van der Waals surface area contributed by atoms with Gasteiger partial charge in [-0.1, -0.05) is 36.4 Å². The van der Waals surface area contributed by atoms with E-state index < -0.39 is 0 Å². The lowest BCUT2D eigenvalue weighted by molar-refractivity contribution is 0.102. The molecule has 0 saturated carbocycles. The highest BCUT2D eigenvalue weighted by atomic mass is 16.1. The standard InChI is InChI=1S/C22H23N3O/c1-15-9-10-19(13-16(15)2)22(26)25-21-12-11-20(14-23-21)24-17(3)18-7-5-4-6-8-18/h4-14,17,24H,1-3H3,(H,23,25,26). The molecule has 0 bridgehead atoms. The molecule has 3 rings (SSSR count). The molecule has 1 unspecified atom stereocenters. The summed E-state index contributed by atoms with van der Waals surface area (Å²) in [6, 6.07) is 19.8. The van der Waals surface area contributed by atoms with Crippen molar-refractivity contribution in [3.05, 3.63) is 89.1 Å². The van der Waals surface area contributed by atoms with Gasteiger partial charge in [0.2, 0.25) is 0 Å². The van der Waals surface area contributed by atoms with Crippen LogP contribution in [0.3, 0.4) is 0 Å². The van der Waals surface area contributed by atoms with Crippen LogP contribution < -0.4 is 10.6 Å². The number of amides is 1. The van der Waals surface area contributed by atoms with Crippen molar-refractivity contribution in [2.24, 2.45) is 0 Å². The molecule has 0 aliphatic heterocycles. The molecule has 0 radical (unpaired) electrons. The number of benzene rings is 2. The Balaban J connectivity index is 1.64. The quantitative estimate of drug-likeness (QED) is 0.674. The fourth-order valence-electron chi connectivity index (χ4n) is 2.70. The van der Waals surface area contributed by atoms with Crippen molar-refractivity contribution in [1.29, 1.82) is 0 Å². The number of carbonyl (C=O) groups excluding carboxylic acids is 1. The van der Waals surface area contributed by atoms with Crippen LogP contribution >= 0.6 is 0 Å². The van der Waals surface area contributed by atoms with E-state index in [1.807, 2.05) is 56.3 Å². The minimum absolute atomic E-state index is 0.154. The molecule has 1 aromatic heterocycles. The average Bonchev–Trinajstić information content (AvgIpc) is 2.66. The summed E-state index contributed by atoms with van der Waals surface area (Å²) in [5.41, 5.74) is 5.02. The lowest BCUT2D eigenvalue weighted by atomic mass is 10.1. The number of anilines is 2. The molecule has 1 heterocycles. The van der Waals surface area contributed by atoms with Gasteiger partial charge in [0, 0.05) is 11.6 Å². The Bertz CT molecular complexity index is 889. The van der Waals surface area contributed by atoms with Crippen molar-refractivity contribution >= 4 is 17.4 Å². The topological polar surface area (TPSA) is 54.0 Å². The number of nitrogens with one attached hydrogen (secondary N) is 2. The molecule has 4 heteroatoms. The number of hydrogen-bond donors (Lipinski definition) is 2. The molecule has 0 aliphatic carbocycles. The van der Waals surface area contributed by atoms with E-state index in [-0.39, 0.29) is 11.9 Å². The normalized spacial score (nSPS) is 11.7. The van der Waals surface area contributed by atoms with Gasteiger partial charge in [0.05, 0.1) is 11.9 Å². The van der Waals surface area contributed by atoms with E-state index in [0.717, 1.165) is 11.3 Å². The number of aromatic nitrogens is 1. The summed E-state index contributed by atoms with van der Waals surface area (Å²) in [6.45, 7) is 6.13. The summed E-state index contributed by atoms with van der Waals surface area (Å²) >= 11 is 0. The predicted molar refractivity (Wildman–Crippen MR) is 107 cm³/mol. The largest absolute Gasteiger partial charge is 0.377 e. The molecular formula is C22H23N3O. The lowest BCUT2D eigenvalue weighted by Gasteiger charge is -2.15. The summed E-state index contributed by atoms with van der Waals surface area (Å²) in [6.07, 6.45) is 1.73. The van der Waals surface area contributed by atoms with Gasteiger partial charge in [0.25, 0.3) is 5.91 Å². The maximum Gasteiger partial charge on any atom is 0.256 e. The van der Waals surface area contributed by atoms with Gasteiger partial charge >= 0.3 is 0 Å². The van der Waals surface area contributed by atoms with Crippen molar-refractivity contribution < 1.29 is 4.79 Å². The Morgan fingerprint density at radius 2 is 1.73 bits per heavy atom. The zero-order valence-electron chi connectivity index (χ0n) is 15.3. The van der Waals surface area contributed by atoms with E-state index in [0.29, 0.717) is 11.4 Å². The number of aryl methyl sites for hydroxylation is 2. The van der Waals surface area contributed by atoms with Gasteiger partial charge in [0.1, 0.15) is 5.82 Å². The Morgan fingerprint density at radius 3 is 2.38 bits per heavy atom. The van der Waals surface area contributed by atoms with Crippen molar-refractivity contribution in [1.82, 2.24) is 4.98 Å². The van der Waals surface area contributed by atoms with Crippen LogP contribution in [0.5, 0.6) is 0 Å². The maximum atomic E-state index is 12.4. The predicted octanol–water partition coefficient (Wildman–Crippen LogP) is 5.12. The SMILES string of the molecule is Cc1ccc(C(=O)Nc2ccc(NC(C)c3ccccc3)cn2)cc1C. The van der Waals surface area contributed by atoms with E-state index in [4.69, 9.17) is 0 Å². The number of pyridine rings is 1. The third kappa shape index (κ3) is 4.28. The monoisotopic (exact) mass is 345 g/mol. The van der Waals surface area contributed by atoms with Crippen molar-refractivity contribution in [2.45, 2.75) is 26.8 Å². The molecule has 132 valence electrons. The summed E-state index contributed by atoms with van der Waals surface area (Å²) in [5.74, 6) is 0.380. The Kier molecular flexibility index (Phi) is 5.32. The van der Waals surface area contributed by atoms with Crippen LogP contribution in [0.4, 0.5) is 11.5 Å². The van der Waals surface area contributed by atoms with Crippen LogP contribution in [0, 0.1) is 13.8 Å². The number of nitrogens with zero attached hydrogens (tertiary/aromatic N) is 1. The first kappa shape index (κ1) is 17.7. The van der Waals surface area contributed by atoms with Gasteiger partial charge in [-0.15, -0.1) is 0 Å². The molecule has 0 saturated heterocycles. The number of rotatable bonds is 5. The molecule has 3 aromatic rings. The average molecular weight is 345 g/mol. The second-order valence-electron chi connectivity index (χ2n) is 6.46. The van der Waals surface area contributed by atoms with Crippen molar-refractivity contribution in [2.75, 3.05) is 10.6 Å². The van der Waals surface area contributed by atoms with Crippen LogP contribution in [-0.2, 0) is 0 Å². The Hall–Kier alpha value is -3.14. The van der Waals surface area contributed by atoms with Crippen LogP contribution in [0.2, 0.25) is 0 Å². The minimum Gasteiger partial charge on any atom is -0.377 e. The van der Waals surface area contributed by atoms with Gasteiger partial charge in [-0.25, -0.2) is 4.98 Å². The zero-order valence-corrected chi connectivity index (χ0v) is 15.3. The second kappa shape index (κ2) is 7.83. The molecule has 0 fully saturated rings. The van der Waals surface area contributed by atoms with Crippen LogP contribution in [-0.4, -0.2) is 10.9 Å². The van der Waals surface area contributed by atoms with Gasteiger partial charge in [-0.05, 0) is 61.7 Å². The summed E-state index contributed by atoms with van der Waals surface area (Å²) in [7, 11) is 0. The maximum absolute atomic E-state index is 12.4. The first-order valence-electron chi connectivity index (χ1n) is 8.69. The molecule has 1 amide bonds. The third-order valence-corrected chi connectivity index (χ3v) is 4.46. The van der Waals surface area contributed by atoms with E-state index >= 15 is 0 Å². The van der Waals surface area contributed by atoms with Gasteiger partial charge in [-0.3, -0.25) is 4.79 Å². The molecule has 26 heavy (non-hydrogen) atoms. The number of hydrogen-bond acceptors (Lipinski definition) is 3. The van der Waals surface area contributed by atoms with Crippen molar-refractivity contribution in [3.63, 3.8) is 0 Å². The molecule has 0 spiro atoms. The fraction of sp³-hybridized carbons (Fsp3) is 0.182. The summed E-state index contributed by atoms with van der Waals surface area (Å²) in [5, 5.41) is 6.25. The second-order valence-corrected chi connectivity index (χ2v) is 6.46. The molecule has 2 N–H and O–H groups in total. The van der Waals surface area contributed by atoms with Gasteiger partial charge in [0.15, 0.2) is 0 Å². The molecular weight excluding hydrogens is 322 g/mol. The lowest BCUT2D eigenvalue weighted by Crippen LogP contribution is -2.13. The minimum atomic E-state index is -0.154. The smallest absolute Gasteiger partial charge is 0.256 e. The summed E-state index contributed by atoms with van der Waals surface area (Å²) < 4.78 is 0. The van der Waals surface area contributed by atoms with Gasteiger partial charge in [-0.2, -0.15) is 0 Å². The third-order valence-electron chi connectivity index (χ3n) is 4.46. The molecule has 0 aliphatic rings. The Labute approximate surface area is 154 Å². The summed E-state index contributed by atoms with van der Waals surface area (Å²) in [4.78, 5) is 16.7. The van der Waals surface area contributed by atoms with E-state index in [2.05, 4.69) is 34.7 Å². The molecule has 2 aromatic carbocycles. The van der Waals surface area contributed by atoms with Crippen LogP contribution in [0.25, 0.3) is 0 Å². The van der Waals surface area contributed by atoms with E-state index in [1.54, 1.807) is 12.3 Å². The zero-order chi connectivity index (χ0) is 18.5. The van der Waals surface area contributed by atoms with Crippen molar-refractivity contribution in [3.8, 4) is 0 Å². The fourth-order valence-corrected chi connectivity index (χ4v) is 2.70. The van der Waals surface area contributed by atoms with Gasteiger partial charge < -0.3 is 10.6 Å². The van der Waals surface area contributed by atoms with E-state index in [1.165, 1.54) is 11.1 Å². The highest BCUT2D eigenvalue weighted by Gasteiger charge is 2.09.